The zero-order valence-corrected chi connectivity index (χ0v) is 13.4. The van der Waals surface area contributed by atoms with Crippen molar-refractivity contribution in [3.63, 3.8) is 0 Å². The molecule has 0 aromatic carbocycles. The van der Waals surface area contributed by atoms with Crippen LogP contribution in [0.1, 0.15) is 5.69 Å². The minimum Gasteiger partial charge on any atom is -0.379 e. The first kappa shape index (κ1) is 15.6. The molecule has 2 aliphatic heterocycles. The number of ether oxygens (including phenoxy) is 1. The number of rotatable bonds is 5. The van der Waals surface area contributed by atoms with Crippen LogP contribution in [-0.2, 0) is 14.9 Å². The van der Waals surface area contributed by atoms with Gasteiger partial charge in [0.25, 0.3) is 10.2 Å². The predicted molar refractivity (Wildman–Crippen MR) is 81.8 cm³/mol. The zero-order chi connectivity index (χ0) is 15.6. The maximum atomic E-state index is 12.1. The van der Waals surface area contributed by atoms with Crippen LogP contribution < -0.4 is 9.62 Å². The third kappa shape index (κ3) is 3.54. The lowest BCUT2D eigenvalue weighted by Gasteiger charge is -2.40. The van der Waals surface area contributed by atoms with E-state index in [-0.39, 0.29) is 0 Å². The molecule has 1 N–H and O–H groups in total. The van der Waals surface area contributed by atoms with E-state index in [4.69, 9.17) is 4.74 Å². The van der Waals surface area contributed by atoms with Gasteiger partial charge in [0, 0.05) is 38.6 Å². The molecule has 0 atom stereocenters. The molecule has 1 aromatic heterocycles. The highest BCUT2D eigenvalue weighted by Crippen LogP contribution is 2.21. The number of hydrogen-bond acceptors (Lipinski definition) is 6. The van der Waals surface area contributed by atoms with Crippen molar-refractivity contribution in [2.75, 3.05) is 50.8 Å². The molecular formula is C13H21N5O3S. The van der Waals surface area contributed by atoms with Crippen molar-refractivity contribution in [1.29, 1.82) is 0 Å². The summed E-state index contributed by atoms with van der Waals surface area (Å²) >= 11 is 0. The van der Waals surface area contributed by atoms with Gasteiger partial charge in [-0.3, -0.25) is 0 Å². The van der Waals surface area contributed by atoms with Gasteiger partial charge in [0.2, 0.25) is 0 Å². The lowest BCUT2D eigenvalue weighted by atomic mass is 10.0. The number of nitrogens with zero attached hydrogens (tertiary/aromatic N) is 4. The average Bonchev–Trinajstić information content (AvgIpc) is 2.48. The third-order valence-corrected chi connectivity index (χ3v) is 5.51. The maximum Gasteiger partial charge on any atom is 0.279 e. The van der Waals surface area contributed by atoms with Crippen molar-refractivity contribution in [2.24, 2.45) is 5.92 Å². The minimum atomic E-state index is -3.39. The highest BCUT2D eigenvalue weighted by atomic mass is 32.2. The van der Waals surface area contributed by atoms with Crippen LogP contribution in [0.15, 0.2) is 12.1 Å². The number of anilines is 1. The Morgan fingerprint density at radius 3 is 2.64 bits per heavy atom. The SMILES string of the molecule is Cc1ccc(N2CC(CNS(=O)(=O)N3CCOCC3)C2)nn1. The Morgan fingerprint density at radius 1 is 1.27 bits per heavy atom. The quantitative estimate of drug-likeness (QED) is 0.776. The summed E-state index contributed by atoms with van der Waals surface area (Å²) in [5.41, 5.74) is 0.888. The molecule has 0 amide bonds. The van der Waals surface area contributed by atoms with E-state index < -0.39 is 10.2 Å². The monoisotopic (exact) mass is 327 g/mol. The van der Waals surface area contributed by atoms with Gasteiger partial charge in [0.05, 0.1) is 18.9 Å². The molecule has 2 aliphatic rings. The summed E-state index contributed by atoms with van der Waals surface area (Å²) in [6, 6.07) is 3.87. The topological polar surface area (TPSA) is 87.7 Å². The molecule has 1 aromatic rings. The van der Waals surface area contributed by atoms with Gasteiger partial charge in [-0.05, 0) is 19.1 Å². The van der Waals surface area contributed by atoms with E-state index in [0.29, 0.717) is 38.8 Å². The summed E-state index contributed by atoms with van der Waals surface area (Å²) in [5, 5.41) is 8.16. The van der Waals surface area contributed by atoms with Crippen LogP contribution in [0.4, 0.5) is 5.82 Å². The number of aryl methyl sites for hydroxylation is 1. The smallest absolute Gasteiger partial charge is 0.279 e. The molecule has 22 heavy (non-hydrogen) atoms. The number of nitrogens with one attached hydrogen (secondary N) is 1. The molecule has 3 heterocycles. The maximum absolute atomic E-state index is 12.1. The molecule has 0 aliphatic carbocycles. The lowest BCUT2D eigenvalue weighted by molar-refractivity contribution is 0.0724. The number of hydrogen-bond donors (Lipinski definition) is 1. The normalized spacial score (nSPS) is 20.9. The Morgan fingerprint density at radius 2 is 2.00 bits per heavy atom. The first-order chi connectivity index (χ1) is 10.5. The molecule has 2 fully saturated rings. The van der Waals surface area contributed by atoms with Crippen LogP contribution in [0.3, 0.4) is 0 Å². The summed E-state index contributed by atoms with van der Waals surface area (Å²) in [4.78, 5) is 2.10. The fourth-order valence-electron chi connectivity index (χ4n) is 2.55. The van der Waals surface area contributed by atoms with E-state index in [2.05, 4.69) is 19.8 Å². The van der Waals surface area contributed by atoms with E-state index in [0.717, 1.165) is 24.6 Å². The van der Waals surface area contributed by atoms with Crippen molar-refractivity contribution in [3.05, 3.63) is 17.8 Å². The summed E-state index contributed by atoms with van der Waals surface area (Å²) in [6.45, 7) is 5.71. The summed E-state index contributed by atoms with van der Waals surface area (Å²) in [6.07, 6.45) is 0. The Kier molecular flexibility index (Phi) is 4.57. The molecule has 0 spiro atoms. The molecular weight excluding hydrogens is 306 g/mol. The molecule has 2 saturated heterocycles. The molecule has 122 valence electrons. The first-order valence-corrected chi connectivity index (χ1v) is 8.86. The predicted octanol–water partition coefficient (Wildman–Crippen LogP) is -0.612. The van der Waals surface area contributed by atoms with Crippen molar-refractivity contribution < 1.29 is 13.2 Å². The highest BCUT2D eigenvalue weighted by Gasteiger charge is 2.31. The van der Waals surface area contributed by atoms with E-state index in [1.807, 2.05) is 19.1 Å². The molecule has 0 unspecified atom stereocenters. The van der Waals surface area contributed by atoms with Crippen LogP contribution in [-0.4, -0.2) is 68.9 Å². The van der Waals surface area contributed by atoms with Crippen molar-refractivity contribution in [2.45, 2.75) is 6.92 Å². The second kappa shape index (κ2) is 6.45. The molecule has 0 bridgehead atoms. The lowest BCUT2D eigenvalue weighted by Crippen LogP contribution is -2.54. The average molecular weight is 327 g/mol. The van der Waals surface area contributed by atoms with Crippen molar-refractivity contribution in [1.82, 2.24) is 19.2 Å². The number of morpholine rings is 1. The summed E-state index contributed by atoms with van der Waals surface area (Å²) in [7, 11) is -3.39. The van der Waals surface area contributed by atoms with Crippen LogP contribution in [0.25, 0.3) is 0 Å². The highest BCUT2D eigenvalue weighted by molar-refractivity contribution is 7.87. The Labute approximate surface area is 130 Å². The zero-order valence-electron chi connectivity index (χ0n) is 12.6. The second-order valence-corrected chi connectivity index (χ2v) is 7.42. The number of aromatic nitrogens is 2. The minimum absolute atomic E-state index is 0.305. The third-order valence-electron chi connectivity index (χ3n) is 3.93. The molecule has 3 rings (SSSR count). The van der Waals surface area contributed by atoms with Gasteiger partial charge in [-0.2, -0.15) is 17.8 Å². The van der Waals surface area contributed by atoms with Gasteiger partial charge >= 0.3 is 0 Å². The Balaban J connectivity index is 1.45. The fourth-order valence-corrected chi connectivity index (χ4v) is 3.81. The van der Waals surface area contributed by atoms with Crippen LogP contribution in [0.5, 0.6) is 0 Å². The Hall–Kier alpha value is -1.29. The Bertz CT molecular complexity index is 595. The molecule has 0 radical (unpaired) electrons. The van der Waals surface area contributed by atoms with E-state index in [1.54, 1.807) is 0 Å². The summed E-state index contributed by atoms with van der Waals surface area (Å²) < 4.78 is 33.6. The van der Waals surface area contributed by atoms with E-state index in [9.17, 15) is 8.42 Å². The summed E-state index contributed by atoms with van der Waals surface area (Å²) in [5.74, 6) is 1.15. The largest absolute Gasteiger partial charge is 0.379 e. The van der Waals surface area contributed by atoms with Crippen molar-refractivity contribution in [3.8, 4) is 0 Å². The van der Waals surface area contributed by atoms with Gasteiger partial charge in [-0.25, -0.2) is 4.72 Å². The first-order valence-electron chi connectivity index (χ1n) is 7.42. The van der Waals surface area contributed by atoms with Gasteiger partial charge in [0.15, 0.2) is 5.82 Å². The van der Waals surface area contributed by atoms with E-state index in [1.165, 1.54) is 4.31 Å². The molecule has 8 nitrogen and oxygen atoms in total. The fraction of sp³-hybridized carbons (Fsp3) is 0.692. The van der Waals surface area contributed by atoms with E-state index >= 15 is 0 Å². The van der Waals surface area contributed by atoms with Gasteiger partial charge < -0.3 is 9.64 Å². The van der Waals surface area contributed by atoms with Gasteiger partial charge in [-0.15, -0.1) is 5.10 Å². The molecule has 0 saturated carbocycles. The second-order valence-electron chi connectivity index (χ2n) is 5.67. The van der Waals surface area contributed by atoms with Gasteiger partial charge in [0.1, 0.15) is 0 Å². The van der Waals surface area contributed by atoms with Crippen LogP contribution in [0.2, 0.25) is 0 Å². The van der Waals surface area contributed by atoms with Crippen LogP contribution >= 0.6 is 0 Å². The standard InChI is InChI=1S/C13H21N5O3S/c1-11-2-3-13(16-15-11)17-9-12(10-17)8-14-22(19,20)18-4-6-21-7-5-18/h2-3,12,14H,4-10H2,1H3. The van der Waals surface area contributed by atoms with Gasteiger partial charge in [-0.1, -0.05) is 0 Å². The molecule has 9 heteroatoms. The van der Waals surface area contributed by atoms with Crippen molar-refractivity contribution >= 4 is 16.0 Å². The van der Waals surface area contributed by atoms with Crippen LogP contribution in [0, 0.1) is 12.8 Å².